The molecular weight excluding hydrogens is 374 g/mol. The number of hydrogen-bond donors (Lipinski definition) is 0. The second-order valence-corrected chi connectivity index (χ2v) is 7.11. The maximum atomic E-state index is 12.6. The maximum absolute atomic E-state index is 12.6. The van der Waals surface area contributed by atoms with Crippen molar-refractivity contribution < 1.29 is 4.42 Å². The van der Waals surface area contributed by atoms with Crippen molar-refractivity contribution in [3.05, 3.63) is 89.4 Å². The van der Waals surface area contributed by atoms with E-state index in [4.69, 9.17) is 16.0 Å². The van der Waals surface area contributed by atoms with Gasteiger partial charge in [-0.2, -0.15) is 14.6 Å². The third kappa shape index (κ3) is 3.07. The van der Waals surface area contributed by atoms with Crippen molar-refractivity contribution in [2.75, 3.05) is 0 Å². The Bertz CT molecular complexity index is 1290. The van der Waals surface area contributed by atoms with Gasteiger partial charge in [0.15, 0.2) is 0 Å². The molecule has 4 aromatic rings. The molecule has 0 aliphatic heterocycles. The van der Waals surface area contributed by atoms with Gasteiger partial charge in [-0.05, 0) is 30.7 Å². The van der Waals surface area contributed by atoms with E-state index < -0.39 is 5.56 Å². The zero-order valence-electron chi connectivity index (χ0n) is 13.6. The lowest BCUT2D eigenvalue weighted by Gasteiger charge is -2.02. The molecule has 1 aromatic carbocycles. The van der Waals surface area contributed by atoms with Crippen LogP contribution in [0.15, 0.2) is 50.4 Å². The van der Waals surface area contributed by atoms with Crippen LogP contribution in [-0.4, -0.2) is 14.6 Å². The monoisotopic (exact) mass is 385 g/mol. The first kappa shape index (κ1) is 16.7. The van der Waals surface area contributed by atoms with Crippen molar-refractivity contribution in [3.63, 3.8) is 0 Å². The van der Waals surface area contributed by atoms with Crippen molar-refractivity contribution in [1.82, 2.24) is 14.6 Å². The van der Waals surface area contributed by atoms with Gasteiger partial charge in [0.05, 0.1) is 0 Å². The van der Waals surface area contributed by atoms with E-state index in [1.165, 1.54) is 0 Å². The van der Waals surface area contributed by atoms with Crippen LogP contribution in [-0.2, 0) is 6.42 Å². The highest BCUT2D eigenvalue weighted by Gasteiger charge is 2.13. The van der Waals surface area contributed by atoms with Crippen LogP contribution < -0.4 is 15.7 Å². The Balaban J connectivity index is 1.83. The summed E-state index contributed by atoms with van der Waals surface area (Å²) in [5.41, 5.74) is 0.116. The number of aryl methyl sites for hydroxylation is 1. The summed E-state index contributed by atoms with van der Waals surface area (Å²) in [5, 5.41) is 4.74. The number of hydrogen-bond acceptors (Lipinski definition) is 6. The van der Waals surface area contributed by atoms with E-state index in [1.54, 1.807) is 24.3 Å². The molecular formula is C18H12ClN3O3S. The quantitative estimate of drug-likeness (QED) is 0.540. The van der Waals surface area contributed by atoms with Gasteiger partial charge < -0.3 is 4.42 Å². The minimum absolute atomic E-state index is 0.172. The largest absolute Gasteiger partial charge is 0.462 e. The summed E-state index contributed by atoms with van der Waals surface area (Å²) in [5.74, 6) is 1.31. The highest BCUT2D eigenvalue weighted by atomic mass is 35.5. The lowest BCUT2D eigenvalue weighted by atomic mass is 10.1. The number of rotatable bonds is 3. The average molecular weight is 386 g/mol. The average Bonchev–Trinajstić information content (AvgIpc) is 3.14. The Morgan fingerprint density at radius 2 is 2.04 bits per heavy atom. The second-order valence-electron chi connectivity index (χ2n) is 5.69. The Kier molecular flexibility index (Phi) is 4.18. The van der Waals surface area contributed by atoms with Crippen LogP contribution in [0.25, 0.3) is 11.0 Å². The number of fused-ring (bicyclic) bond motifs is 1. The molecule has 0 unspecified atom stereocenters. The van der Waals surface area contributed by atoms with Crippen LogP contribution >= 0.6 is 22.9 Å². The molecule has 0 fully saturated rings. The lowest BCUT2D eigenvalue weighted by molar-refractivity contribution is 0.525. The Labute approximate surface area is 156 Å². The Hall–Kier alpha value is -2.77. The molecule has 0 N–H and O–H groups in total. The summed E-state index contributed by atoms with van der Waals surface area (Å²) in [6.45, 7) is 1.82. The van der Waals surface area contributed by atoms with Crippen LogP contribution in [0, 0.1) is 6.92 Å². The number of aromatic nitrogens is 3. The highest BCUT2D eigenvalue weighted by Crippen LogP contribution is 2.16. The van der Waals surface area contributed by atoms with Crippen molar-refractivity contribution >= 4 is 34.0 Å². The van der Waals surface area contributed by atoms with Crippen LogP contribution in [0.4, 0.5) is 0 Å². The van der Waals surface area contributed by atoms with Gasteiger partial charge in [-0.3, -0.25) is 9.59 Å². The Morgan fingerprint density at radius 1 is 1.23 bits per heavy atom. The minimum atomic E-state index is -0.466. The van der Waals surface area contributed by atoms with E-state index in [2.05, 4.69) is 10.1 Å². The molecule has 0 saturated heterocycles. The molecule has 26 heavy (non-hydrogen) atoms. The van der Waals surface area contributed by atoms with Gasteiger partial charge >= 0.3 is 0 Å². The zero-order valence-corrected chi connectivity index (χ0v) is 15.2. The number of nitrogens with zero attached hydrogens (tertiary/aromatic N) is 3. The second kappa shape index (κ2) is 6.51. The number of furan rings is 1. The molecule has 0 spiro atoms. The van der Waals surface area contributed by atoms with Crippen LogP contribution in [0.2, 0.25) is 5.02 Å². The molecule has 0 radical (unpaired) electrons. The van der Waals surface area contributed by atoms with Crippen LogP contribution in [0.3, 0.4) is 0 Å². The predicted molar refractivity (Wildman–Crippen MR) is 99.9 cm³/mol. The number of halogens is 1. The molecule has 0 saturated carbocycles. The normalized spacial score (nSPS) is 12.2. The highest BCUT2D eigenvalue weighted by molar-refractivity contribution is 7.15. The van der Waals surface area contributed by atoms with Gasteiger partial charge in [0, 0.05) is 17.5 Å². The standard InChI is InChI=1S/C18H12ClN3O3S/c1-10-6-7-12(25-10)9-15-17(24)22-18(26-15)20-16(23)14(21-22)8-11-4-2-3-5-13(11)19/h2-7,9H,8H2,1H3/b15-9+. The fraction of sp³-hybridized carbons (Fsp3) is 0.111. The fourth-order valence-corrected chi connectivity index (χ4v) is 3.62. The fourth-order valence-electron chi connectivity index (χ4n) is 2.53. The SMILES string of the molecule is Cc1ccc(/C=c2/sc3nc(=O)c(Cc4ccccc4Cl)nn3c2=O)o1. The summed E-state index contributed by atoms with van der Waals surface area (Å²) in [6.07, 6.45) is 1.83. The first-order valence-electron chi connectivity index (χ1n) is 7.75. The molecule has 0 bridgehead atoms. The summed E-state index contributed by atoms with van der Waals surface area (Å²) < 4.78 is 7.01. The van der Waals surface area contributed by atoms with Gasteiger partial charge in [0.2, 0.25) is 4.96 Å². The molecule has 3 aromatic heterocycles. The molecule has 0 atom stereocenters. The third-order valence-corrected chi connectivity index (χ3v) is 5.13. The molecule has 0 amide bonds. The summed E-state index contributed by atoms with van der Waals surface area (Å²) in [6, 6.07) is 10.8. The van der Waals surface area contributed by atoms with E-state index >= 15 is 0 Å². The first-order chi connectivity index (χ1) is 12.5. The van der Waals surface area contributed by atoms with Gasteiger partial charge in [0.1, 0.15) is 21.7 Å². The predicted octanol–water partition coefficient (Wildman–Crippen LogP) is 2.20. The Morgan fingerprint density at radius 3 is 2.77 bits per heavy atom. The van der Waals surface area contributed by atoms with Crippen molar-refractivity contribution in [3.8, 4) is 0 Å². The topological polar surface area (TPSA) is 77.5 Å². The van der Waals surface area contributed by atoms with Crippen molar-refractivity contribution in [2.45, 2.75) is 13.3 Å². The summed E-state index contributed by atoms with van der Waals surface area (Å²) >= 11 is 7.24. The summed E-state index contributed by atoms with van der Waals surface area (Å²) in [4.78, 5) is 29.1. The number of thiazole rings is 1. The lowest BCUT2D eigenvalue weighted by Crippen LogP contribution is -2.28. The molecule has 3 heterocycles. The maximum Gasteiger partial charge on any atom is 0.296 e. The summed E-state index contributed by atoms with van der Waals surface area (Å²) in [7, 11) is 0. The van der Waals surface area contributed by atoms with Gasteiger partial charge in [-0.1, -0.05) is 41.1 Å². The van der Waals surface area contributed by atoms with E-state index in [0.29, 0.717) is 15.3 Å². The van der Waals surface area contributed by atoms with E-state index in [0.717, 1.165) is 27.2 Å². The van der Waals surface area contributed by atoms with Crippen molar-refractivity contribution in [1.29, 1.82) is 0 Å². The van der Waals surface area contributed by atoms with Crippen molar-refractivity contribution in [2.24, 2.45) is 0 Å². The van der Waals surface area contributed by atoms with Gasteiger partial charge in [-0.25, -0.2) is 0 Å². The van der Waals surface area contributed by atoms with Crippen LogP contribution in [0.5, 0.6) is 0 Å². The molecule has 130 valence electrons. The number of benzene rings is 1. The van der Waals surface area contributed by atoms with E-state index in [-0.39, 0.29) is 22.6 Å². The molecule has 8 heteroatoms. The molecule has 0 aliphatic rings. The van der Waals surface area contributed by atoms with Gasteiger partial charge in [-0.15, -0.1) is 0 Å². The molecule has 4 rings (SSSR count). The molecule has 6 nitrogen and oxygen atoms in total. The zero-order chi connectivity index (χ0) is 18.3. The minimum Gasteiger partial charge on any atom is -0.462 e. The first-order valence-corrected chi connectivity index (χ1v) is 8.95. The van der Waals surface area contributed by atoms with Gasteiger partial charge in [0.25, 0.3) is 11.1 Å². The van der Waals surface area contributed by atoms with Crippen LogP contribution in [0.1, 0.15) is 22.8 Å². The van der Waals surface area contributed by atoms with E-state index in [1.807, 2.05) is 25.1 Å². The molecule has 0 aliphatic carbocycles. The third-order valence-electron chi connectivity index (χ3n) is 3.80. The smallest absolute Gasteiger partial charge is 0.296 e. The van der Waals surface area contributed by atoms with E-state index in [9.17, 15) is 9.59 Å².